The summed E-state index contributed by atoms with van der Waals surface area (Å²) in [5, 5.41) is 0. The van der Waals surface area contributed by atoms with Crippen molar-refractivity contribution < 1.29 is 22.8 Å². The lowest BCUT2D eigenvalue weighted by Gasteiger charge is -2.38. The number of nitrogens with zero attached hydrogens (tertiary/aromatic N) is 3. The zero-order valence-corrected chi connectivity index (χ0v) is 13.6. The monoisotopic (exact) mass is 335 g/mol. The van der Waals surface area contributed by atoms with Crippen molar-refractivity contribution in [2.45, 2.75) is 37.9 Å². The smallest absolute Gasteiger partial charge is 0.342 e. The molecule has 0 aromatic rings. The predicted octanol–water partition coefficient (Wildman–Crippen LogP) is 1.34. The fourth-order valence-electron chi connectivity index (χ4n) is 3.37. The number of hydrogen-bond donors (Lipinski definition) is 0. The van der Waals surface area contributed by atoms with E-state index in [1.54, 1.807) is 0 Å². The van der Waals surface area contributed by atoms with E-state index < -0.39 is 12.1 Å². The van der Waals surface area contributed by atoms with E-state index in [2.05, 4.69) is 4.90 Å². The van der Waals surface area contributed by atoms with Gasteiger partial charge in [-0.15, -0.1) is 0 Å². The molecule has 2 aliphatic rings. The van der Waals surface area contributed by atoms with Crippen LogP contribution in [-0.4, -0.2) is 79.0 Å². The average molecular weight is 335 g/mol. The lowest BCUT2D eigenvalue weighted by molar-refractivity contribution is -0.187. The van der Waals surface area contributed by atoms with Gasteiger partial charge in [-0.1, -0.05) is 0 Å². The second kappa shape index (κ2) is 7.07. The third-order valence-electron chi connectivity index (χ3n) is 4.88. The Morgan fingerprint density at radius 3 is 1.83 bits per heavy atom. The Morgan fingerprint density at radius 1 is 0.913 bits per heavy atom. The predicted molar refractivity (Wildman–Crippen MR) is 78.6 cm³/mol. The van der Waals surface area contributed by atoms with Gasteiger partial charge in [-0.05, 0) is 39.8 Å². The molecule has 0 aromatic carbocycles. The average Bonchev–Trinajstić information content (AvgIpc) is 2.53. The van der Waals surface area contributed by atoms with E-state index in [0.717, 1.165) is 17.7 Å². The summed E-state index contributed by atoms with van der Waals surface area (Å²) >= 11 is 0. The SMILES string of the molecule is CN(C)C1CCN(C(=O)C2CCN(C(=O)C(F)(F)F)CC2)CC1. The summed E-state index contributed by atoms with van der Waals surface area (Å²) in [4.78, 5) is 28.5. The van der Waals surface area contributed by atoms with Gasteiger partial charge >= 0.3 is 12.1 Å². The summed E-state index contributed by atoms with van der Waals surface area (Å²) in [6.45, 7) is 1.40. The lowest BCUT2D eigenvalue weighted by atomic mass is 9.93. The minimum atomic E-state index is -4.83. The van der Waals surface area contributed by atoms with E-state index in [1.807, 2.05) is 19.0 Å². The fraction of sp³-hybridized carbons (Fsp3) is 0.867. The number of carbonyl (C=O) groups is 2. The molecule has 2 saturated heterocycles. The Morgan fingerprint density at radius 2 is 1.39 bits per heavy atom. The Kier molecular flexibility index (Phi) is 5.54. The molecule has 2 rings (SSSR count). The largest absolute Gasteiger partial charge is 0.471 e. The molecule has 0 atom stereocenters. The first-order chi connectivity index (χ1) is 10.7. The summed E-state index contributed by atoms with van der Waals surface area (Å²) in [6.07, 6.45) is -2.36. The minimum absolute atomic E-state index is 0.00289. The summed E-state index contributed by atoms with van der Waals surface area (Å²) < 4.78 is 37.2. The molecule has 0 saturated carbocycles. The molecule has 0 bridgehead atoms. The molecule has 2 fully saturated rings. The highest BCUT2D eigenvalue weighted by atomic mass is 19.4. The van der Waals surface area contributed by atoms with E-state index in [-0.39, 0.29) is 24.9 Å². The first-order valence-electron chi connectivity index (χ1n) is 8.01. The van der Waals surface area contributed by atoms with Crippen molar-refractivity contribution in [1.29, 1.82) is 0 Å². The maximum Gasteiger partial charge on any atom is 0.471 e. The molecule has 0 aliphatic carbocycles. The summed E-state index contributed by atoms with van der Waals surface area (Å²) in [7, 11) is 4.05. The standard InChI is InChI=1S/C15H24F3N3O2/c1-19(2)12-5-9-20(10-6-12)13(22)11-3-7-21(8-4-11)14(23)15(16,17)18/h11-12H,3-10H2,1-2H3. The lowest BCUT2D eigenvalue weighted by Crippen LogP contribution is -2.50. The highest BCUT2D eigenvalue weighted by molar-refractivity contribution is 5.83. The van der Waals surface area contributed by atoms with Crippen LogP contribution in [0, 0.1) is 5.92 Å². The molecule has 2 heterocycles. The van der Waals surface area contributed by atoms with Gasteiger partial charge in [0, 0.05) is 38.1 Å². The van der Waals surface area contributed by atoms with Crippen molar-refractivity contribution in [3.8, 4) is 0 Å². The van der Waals surface area contributed by atoms with Crippen LogP contribution < -0.4 is 0 Å². The molecule has 23 heavy (non-hydrogen) atoms. The van der Waals surface area contributed by atoms with Crippen LogP contribution in [0.4, 0.5) is 13.2 Å². The van der Waals surface area contributed by atoms with Gasteiger partial charge in [-0.2, -0.15) is 13.2 Å². The number of piperidine rings is 2. The Balaban J connectivity index is 1.81. The van der Waals surface area contributed by atoms with Crippen LogP contribution in [0.3, 0.4) is 0 Å². The number of alkyl halides is 3. The zero-order chi connectivity index (χ0) is 17.2. The maximum atomic E-state index is 12.5. The molecule has 0 aromatic heterocycles. The minimum Gasteiger partial charge on any atom is -0.342 e. The molecular weight excluding hydrogens is 311 g/mol. The van der Waals surface area contributed by atoms with Gasteiger partial charge in [-0.3, -0.25) is 9.59 Å². The highest BCUT2D eigenvalue weighted by Crippen LogP contribution is 2.26. The van der Waals surface area contributed by atoms with Crippen LogP contribution in [0.25, 0.3) is 0 Å². The molecule has 2 amide bonds. The molecule has 0 N–H and O–H groups in total. The van der Waals surface area contributed by atoms with E-state index in [4.69, 9.17) is 0 Å². The van der Waals surface area contributed by atoms with Crippen molar-refractivity contribution in [2.75, 3.05) is 40.3 Å². The third-order valence-corrected chi connectivity index (χ3v) is 4.88. The third kappa shape index (κ3) is 4.37. The first kappa shape index (κ1) is 18.0. The van der Waals surface area contributed by atoms with E-state index in [0.29, 0.717) is 32.0 Å². The molecule has 5 nitrogen and oxygen atoms in total. The second-order valence-corrected chi connectivity index (χ2v) is 6.58. The molecule has 132 valence electrons. The second-order valence-electron chi connectivity index (χ2n) is 6.58. The number of amides is 2. The molecule has 0 spiro atoms. The number of carbonyl (C=O) groups excluding carboxylic acids is 2. The van der Waals surface area contributed by atoms with Gasteiger partial charge in [0.05, 0.1) is 0 Å². The molecule has 2 aliphatic heterocycles. The molecular formula is C15H24F3N3O2. The van der Waals surface area contributed by atoms with Gasteiger partial charge in [0.2, 0.25) is 5.91 Å². The highest BCUT2D eigenvalue weighted by Gasteiger charge is 2.44. The Hall–Kier alpha value is -1.31. The van der Waals surface area contributed by atoms with Crippen LogP contribution in [0.1, 0.15) is 25.7 Å². The molecule has 8 heteroatoms. The zero-order valence-electron chi connectivity index (χ0n) is 13.6. The fourth-order valence-corrected chi connectivity index (χ4v) is 3.37. The topological polar surface area (TPSA) is 43.9 Å². The summed E-state index contributed by atoms with van der Waals surface area (Å²) in [5.41, 5.74) is 0. The van der Waals surface area contributed by atoms with Gasteiger partial charge in [-0.25, -0.2) is 0 Å². The van der Waals surface area contributed by atoms with Crippen molar-refractivity contribution in [2.24, 2.45) is 5.92 Å². The van der Waals surface area contributed by atoms with Crippen molar-refractivity contribution >= 4 is 11.8 Å². The Labute approximate surface area is 134 Å². The number of rotatable bonds is 2. The van der Waals surface area contributed by atoms with E-state index >= 15 is 0 Å². The maximum absolute atomic E-state index is 12.5. The van der Waals surface area contributed by atoms with Gasteiger partial charge in [0.15, 0.2) is 0 Å². The van der Waals surface area contributed by atoms with Crippen LogP contribution in [0.2, 0.25) is 0 Å². The van der Waals surface area contributed by atoms with Crippen LogP contribution in [-0.2, 0) is 9.59 Å². The summed E-state index contributed by atoms with van der Waals surface area (Å²) in [5.74, 6) is -2.03. The normalized spacial score (nSPS) is 21.8. The van der Waals surface area contributed by atoms with Gasteiger partial charge in [0.25, 0.3) is 0 Å². The molecule has 0 unspecified atom stereocenters. The van der Waals surface area contributed by atoms with Crippen LogP contribution in [0.5, 0.6) is 0 Å². The van der Waals surface area contributed by atoms with Crippen LogP contribution >= 0.6 is 0 Å². The number of halogens is 3. The van der Waals surface area contributed by atoms with E-state index in [9.17, 15) is 22.8 Å². The van der Waals surface area contributed by atoms with Gasteiger partial charge < -0.3 is 14.7 Å². The van der Waals surface area contributed by atoms with Crippen molar-refractivity contribution in [1.82, 2.24) is 14.7 Å². The van der Waals surface area contributed by atoms with Crippen molar-refractivity contribution in [3.63, 3.8) is 0 Å². The Bertz CT molecular complexity index is 438. The number of hydrogen-bond acceptors (Lipinski definition) is 3. The van der Waals surface area contributed by atoms with E-state index in [1.165, 1.54) is 0 Å². The van der Waals surface area contributed by atoms with Crippen LogP contribution in [0.15, 0.2) is 0 Å². The number of likely N-dealkylation sites (tertiary alicyclic amines) is 2. The van der Waals surface area contributed by atoms with Crippen molar-refractivity contribution in [3.05, 3.63) is 0 Å². The van der Waals surface area contributed by atoms with Gasteiger partial charge in [0.1, 0.15) is 0 Å². The quantitative estimate of drug-likeness (QED) is 0.765. The summed E-state index contributed by atoms with van der Waals surface area (Å²) in [6, 6.07) is 0.477. The first-order valence-corrected chi connectivity index (χ1v) is 8.01. The molecule has 0 radical (unpaired) electrons.